The summed E-state index contributed by atoms with van der Waals surface area (Å²) in [6, 6.07) is 0. The number of rotatable bonds is 5. The van der Waals surface area contributed by atoms with Crippen LogP contribution < -0.4 is 0 Å². The van der Waals surface area contributed by atoms with Crippen LogP contribution in [0.5, 0.6) is 0 Å². The molecule has 0 aromatic rings. The number of aliphatic hydroxyl groups is 1. The highest BCUT2D eigenvalue weighted by molar-refractivity contribution is 5.24. The van der Waals surface area contributed by atoms with Crippen molar-refractivity contribution >= 4 is 0 Å². The molecule has 29 heavy (non-hydrogen) atoms. The maximum atomic E-state index is 10.4. The van der Waals surface area contributed by atoms with E-state index in [2.05, 4.69) is 34.6 Å². The zero-order valence-corrected chi connectivity index (χ0v) is 19.8. The summed E-state index contributed by atoms with van der Waals surface area (Å²) in [5.74, 6) is 5.31. The van der Waals surface area contributed by atoms with E-state index in [0.717, 1.165) is 48.3 Å². The molecule has 5 aliphatic rings. The average Bonchev–Trinajstić information content (AvgIpc) is 3.22. The van der Waals surface area contributed by atoms with Crippen LogP contribution in [0.1, 0.15) is 105 Å². The molecular weight excluding hydrogens is 356 g/mol. The van der Waals surface area contributed by atoms with Gasteiger partial charge in [0, 0.05) is 11.8 Å². The summed E-state index contributed by atoms with van der Waals surface area (Å²) in [6.45, 7) is 12.6. The monoisotopic (exact) mass is 402 g/mol. The summed E-state index contributed by atoms with van der Waals surface area (Å²) in [4.78, 5) is 0. The van der Waals surface area contributed by atoms with Crippen LogP contribution in [-0.4, -0.2) is 22.9 Å². The lowest BCUT2D eigenvalue weighted by Gasteiger charge is -2.59. The van der Waals surface area contributed by atoms with E-state index in [4.69, 9.17) is 4.74 Å². The second-order valence-corrected chi connectivity index (χ2v) is 13.0. The fourth-order valence-electron chi connectivity index (χ4n) is 9.68. The first-order valence-corrected chi connectivity index (χ1v) is 13.1. The zero-order valence-electron chi connectivity index (χ0n) is 19.8. The summed E-state index contributed by atoms with van der Waals surface area (Å²) in [7, 11) is 0. The zero-order chi connectivity index (χ0) is 20.6. The molecule has 5 rings (SSSR count). The van der Waals surface area contributed by atoms with Crippen LogP contribution in [0.3, 0.4) is 0 Å². The van der Waals surface area contributed by atoms with Crippen molar-refractivity contribution < 1.29 is 9.84 Å². The van der Waals surface area contributed by atoms with Gasteiger partial charge in [-0.05, 0) is 85.9 Å². The predicted molar refractivity (Wildman–Crippen MR) is 119 cm³/mol. The van der Waals surface area contributed by atoms with Gasteiger partial charge in [-0.3, -0.25) is 0 Å². The van der Waals surface area contributed by atoms with Gasteiger partial charge in [0.05, 0.1) is 12.2 Å². The minimum atomic E-state index is -0.124. The summed E-state index contributed by atoms with van der Waals surface area (Å²) in [5.41, 5.74) is 0.932. The van der Waals surface area contributed by atoms with E-state index in [-0.39, 0.29) is 11.7 Å². The van der Waals surface area contributed by atoms with Crippen LogP contribution in [0, 0.1) is 46.3 Å². The number of aliphatic hydroxyl groups excluding tert-OH is 1. The first-order valence-electron chi connectivity index (χ1n) is 13.1. The molecule has 1 aliphatic heterocycles. The van der Waals surface area contributed by atoms with Crippen LogP contribution >= 0.6 is 0 Å². The van der Waals surface area contributed by atoms with Gasteiger partial charge in [0.1, 0.15) is 5.60 Å². The molecule has 4 aliphatic carbocycles. The third-order valence-corrected chi connectivity index (χ3v) is 11.3. The van der Waals surface area contributed by atoms with E-state index in [1.54, 1.807) is 0 Å². The predicted octanol–water partition coefficient (Wildman–Crippen LogP) is 6.60. The lowest BCUT2D eigenvalue weighted by atomic mass is 9.44. The molecule has 5 fully saturated rings. The van der Waals surface area contributed by atoms with Gasteiger partial charge in [-0.25, -0.2) is 0 Å². The van der Waals surface area contributed by atoms with E-state index in [1.807, 2.05) is 0 Å². The lowest BCUT2D eigenvalue weighted by Crippen LogP contribution is -2.58. The van der Waals surface area contributed by atoms with Crippen molar-refractivity contribution in [2.45, 2.75) is 123 Å². The maximum absolute atomic E-state index is 10.4. The van der Waals surface area contributed by atoms with E-state index in [0.29, 0.717) is 16.9 Å². The molecule has 2 heteroatoms. The van der Waals surface area contributed by atoms with Crippen molar-refractivity contribution in [1.29, 1.82) is 0 Å². The highest BCUT2D eigenvalue weighted by Gasteiger charge is 2.76. The molecular formula is C27H46O2. The third-order valence-electron chi connectivity index (χ3n) is 11.3. The number of hydrogen-bond donors (Lipinski definition) is 1. The molecule has 0 unspecified atom stereocenters. The van der Waals surface area contributed by atoms with E-state index < -0.39 is 0 Å². The van der Waals surface area contributed by atoms with Crippen molar-refractivity contribution in [2.24, 2.45) is 46.3 Å². The Morgan fingerprint density at radius 2 is 1.76 bits per heavy atom. The highest BCUT2D eigenvalue weighted by Crippen LogP contribution is 2.74. The normalized spacial score (nSPS) is 54.3. The number of fused-ring (bicyclic) bond motifs is 4. The highest BCUT2D eigenvalue weighted by atomic mass is 16.6. The van der Waals surface area contributed by atoms with E-state index in [9.17, 15) is 5.11 Å². The Bertz CT molecular complexity index is 630. The fraction of sp³-hybridized carbons (Fsp3) is 1.00. The maximum Gasteiger partial charge on any atom is 0.103 e. The van der Waals surface area contributed by atoms with Crippen LogP contribution in [-0.2, 0) is 4.74 Å². The average molecular weight is 403 g/mol. The quantitative estimate of drug-likeness (QED) is 0.525. The van der Waals surface area contributed by atoms with Crippen LogP contribution in [0.2, 0.25) is 0 Å². The molecule has 0 amide bonds. The molecule has 1 spiro atoms. The number of ether oxygens (including phenoxy) is 1. The van der Waals surface area contributed by atoms with Crippen molar-refractivity contribution in [3.8, 4) is 0 Å². The molecule has 0 bridgehead atoms. The molecule has 1 N–H and O–H groups in total. The number of epoxide rings is 1. The Hall–Kier alpha value is -0.0800. The Morgan fingerprint density at radius 1 is 0.966 bits per heavy atom. The van der Waals surface area contributed by atoms with Crippen LogP contribution in [0.25, 0.3) is 0 Å². The number of hydrogen-bond acceptors (Lipinski definition) is 2. The molecule has 0 radical (unpaired) electrons. The summed E-state index contributed by atoms with van der Waals surface area (Å²) in [6.07, 6.45) is 14.8. The molecule has 0 aromatic carbocycles. The van der Waals surface area contributed by atoms with Crippen LogP contribution in [0.15, 0.2) is 0 Å². The molecule has 166 valence electrons. The minimum absolute atomic E-state index is 0.0434. The van der Waals surface area contributed by atoms with Crippen LogP contribution in [0.4, 0.5) is 0 Å². The van der Waals surface area contributed by atoms with Gasteiger partial charge in [0.25, 0.3) is 0 Å². The topological polar surface area (TPSA) is 32.8 Å². The standard InChI is InChI=1S/C27H46O2/c1-17(2)7-6-8-18(3)21-9-10-22-20-15-24-27(29-24)16-19(28)11-14-26(27,5)23(20)12-13-25(21,22)4/h17-24,28H,6-16H2,1-5H3/t18-,19-,20+,21+,22-,23+,24+,25+,26+,27+/m0/s1. The second kappa shape index (κ2) is 6.96. The summed E-state index contributed by atoms with van der Waals surface area (Å²) in [5, 5.41) is 10.4. The molecule has 2 nitrogen and oxygen atoms in total. The van der Waals surface area contributed by atoms with Gasteiger partial charge in [-0.2, -0.15) is 0 Å². The van der Waals surface area contributed by atoms with Gasteiger partial charge in [-0.1, -0.05) is 53.9 Å². The van der Waals surface area contributed by atoms with E-state index >= 15 is 0 Å². The fourth-order valence-corrected chi connectivity index (χ4v) is 9.68. The van der Waals surface area contributed by atoms with Gasteiger partial charge in [0.15, 0.2) is 0 Å². The third kappa shape index (κ3) is 2.94. The molecule has 10 atom stereocenters. The van der Waals surface area contributed by atoms with Crippen molar-refractivity contribution in [1.82, 2.24) is 0 Å². The van der Waals surface area contributed by atoms with Crippen molar-refractivity contribution in [3.63, 3.8) is 0 Å². The smallest absolute Gasteiger partial charge is 0.103 e. The Balaban J connectivity index is 1.33. The van der Waals surface area contributed by atoms with Gasteiger partial charge < -0.3 is 9.84 Å². The van der Waals surface area contributed by atoms with E-state index in [1.165, 1.54) is 57.8 Å². The van der Waals surface area contributed by atoms with Crippen molar-refractivity contribution in [2.75, 3.05) is 0 Å². The molecule has 1 saturated heterocycles. The molecule has 1 heterocycles. The minimum Gasteiger partial charge on any atom is -0.393 e. The Morgan fingerprint density at radius 3 is 2.52 bits per heavy atom. The summed E-state index contributed by atoms with van der Waals surface area (Å²) >= 11 is 0. The largest absolute Gasteiger partial charge is 0.393 e. The second-order valence-electron chi connectivity index (χ2n) is 13.0. The van der Waals surface area contributed by atoms with Gasteiger partial charge in [0.2, 0.25) is 0 Å². The molecule has 0 aromatic heterocycles. The Kier molecular flexibility index (Phi) is 4.99. The first-order chi connectivity index (χ1) is 13.7. The SMILES string of the molecule is CC(C)CCC[C@H](C)[C@H]1CC[C@H]2[C@H]3C[C@H]4O[C@]45C[C@@H](O)CC[C@]5(C)[C@@H]3CC[C@]12C. The molecule has 4 saturated carbocycles. The Labute approximate surface area is 179 Å². The van der Waals surface area contributed by atoms with Crippen molar-refractivity contribution in [3.05, 3.63) is 0 Å². The first kappa shape index (κ1) is 20.8. The van der Waals surface area contributed by atoms with Gasteiger partial charge >= 0.3 is 0 Å². The lowest BCUT2D eigenvalue weighted by molar-refractivity contribution is -0.116. The van der Waals surface area contributed by atoms with Gasteiger partial charge in [-0.15, -0.1) is 0 Å². The summed E-state index contributed by atoms with van der Waals surface area (Å²) < 4.78 is 6.51.